The summed E-state index contributed by atoms with van der Waals surface area (Å²) in [5, 5.41) is 10.9. The van der Waals surface area contributed by atoms with Gasteiger partial charge >= 0.3 is 0 Å². The van der Waals surface area contributed by atoms with Crippen molar-refractivity contribution in [2.24, 2.45) is 0 Å². The second-order valence-electron chi connectivity index (χ2n) is 5.33. The standard InChI is InChI=1S/C20H15N3/c1-2-7-16(8-3-1)13-14-18-15-23(22-21-18)20-12-6-10-17-9-4-5-11-19(17)20/h1-15H/b14-13+. The highest BCUT2D eigenvalue weighted by Gasteiger charge is 2.04. The van der Waals surface area contributed by atoms with E-state index in [1.54, 1.807) is 0 Å². The van der Waals surface area contributed by atoms with E-state index in [0.717, 1.165) is 16.9 Å². The van der Waals surface area contributed by atoms with Crippen molar-refractivity contribution in [3.05, 3.63) is 90.3 Å². The van der Waals surface area contributed by atoms with Crippen molar-refractivity contribution in [2.75, 3.05) is 0 Å². The van der Waals surface area contributed by atoms with Crippen LogP contribution in [0.2, 0.25) is 0 Å². The molecule has 23 heavy (non-hydrogen) atoms. The molecule has 110 valence electrons. The molecular formula is C20H15N3. The summed E-state index contributed by atoms with van der Waals surface area (Å²) in [5.41, 5.74) is 3.02. The maximum absolute atomic E-state index is 4.26. The number of aromatic nitrogens is 3. The average Bonchev–Trinajstić information content (AvgIpc) is 3.09. The number of fused-ring (bicyclic) bond motifs is 1. The lowest BCUT2D eigenvalue weighted by molar-refractivity contribution is 0.807. The molecule has 4 rings (SSSR count). The molecule has 0 aliphatic heterocycles. The van der Waals surface area contributed by atoms with Crippen LogP contribution in [0.25, 0.3) is 28.6 Å². The normalized spacial score (nSPS) is 11.3. The number of hydrogen-bond acceptors (Lipinski definition) is 2. The Morgan fingerprint density at radius 2 is 1.52 bits per heavy atom. The molecule has 0 amide bonds. The molecule has 1 aromatic heterocycles. The quantitative estimate of drug-likeness (QED) is 0.553. The molecule has 0 atom stereocenters. The number of hydrogen-bond donors (Lipinski definition) is 0. The molecule has 4 aromatic rings. The molecule has 0 saturated carbocycles. The third kappa shape index (κ3) is 2.77. The summed E-state index contributed by atoms with van der Waals surface area (Å²) in [6.07, 6.45) is 5.96. The second kappa shape index (κ2) is 5.89. The van der Waals surface area contributed by atoms with Crippen molar-refractivity contribution in [3.8, 4) is 5.69 Å². The third-order valence-electron chi connectivity index (χ3n) is 3.77. The van der Waals surface area contributed by atoms with E-state index in [0.29, 0.717) is 0 Å². The van der Waals surface area contributed by atoms with Gasteiger partial charge in [-0.25, -0.2) is 4.68 Å². The Morgan fingerprint density at radius 3 is 2.43 bits per heavy atom. The molecule has 3 nitrogen and oxygen atoms in total. The predicted octanol–water partition coefficient (Wildman–Crippen LogP) is 4.59. The van der Waals surface area contributed by atoms with Gasteiger partial charge in [0.2, 0.25) is 0 Å². The van der Waals surface area contributed by atoms with E-state index < -0.39 is 0 Å². The summed E-state index contributed by atoms with van der Waals surface area (Å²) in [7, 11) is 0. The maximum atomic E-state index is 4.26. The van der Waals surface area contributed by atoms with Crippen LogP contribution in [0, 0.1) is 0 Å². The molecule has 0 unspecified atom stereocenters. The minimum atomic E-state index is 0.835. The molecule has 0 aliphatic rings. The Hall–Kier alpha value is -3.20. The third-order valence-corrected chi connectivity index (χ3v) is 3.77. The molecule has 0 saturated heterocycles. The zero-order valence-corrected chi connectivity index (χ0v) is 12.5. The molecule has 1 heterocycles. The predicted molar refractivity (Wildman–Crippen MR) is 94.2 cm³/mol. The smallest absolute Gasteiger partial charge is 0.106 e. The maximum Gasteiger partial charge on any atom is 0.106 e. The molecule has 0 aliphatic carbocycles. The van der Waals surface area contributed by atoms with Gasteiger partial charge in [-0.05, 0) is 23.1 Å². The molecular weight excluding hydrogens is 282 g/mol. The van der Waals surface area contributed by atoms with Crippen LogP contribution in [0.1, 0.15) is 11.3 Å². The fourth-order valence-electron chi connectivity index (χ4n) is 2.62. The Balaban J connectivity index is 1.69. The summed E-state index contributed by atoms with van der Waals surface area (Å²) in [6.45, 7) is 0. The van der Waals surface area contributed by atoms with E-state index in [1.807, 2.05) is 59.4 Å². The number of nitrogens with zero attached hydrogens (tertiary/aromatic N) is 3. The van der Waals surface area contributed by atoms with Gasteiger partial charge in [0.15, 0.2) is 0 Å². The van der Waals surface area contributed by atoms with Crippen molar-refractivity contribution in [1.29, 1.82) is 0 Å². The fraction of sp³-hybridized carbons (Fsp3) is 0. The van der Waals surface area contributed by atoms with E-state index in [4.69, 9.17) is 0 Å². The van der Waals surface area contributed by atoms with Crippen LogP contribution in [0.15, 0.2) is 79.0 Å². The van der Waals surface area contributed by atoms with E-state index in [2.05, 4.69) is 46.7 Å². The zero-order valence-electron chi connectivity index (χ0n) is 12.5. The molecule has 0 spiro atoms. The van der Waals surface area contributed by atoms with E-state index in [1.165, 1.54) is 10.8 Å². The van der Waals surface area contributed by atoms with Gasteiger partial charge in [0.1, 0.15) is 5.69 Å². The lowest BCUT2D eigenvalue weighted by atomic mass is 10.1. The van der Waals surface area contributed by atoms with E-state index in [-0.39, 0.29) is 0 Å². The Bertz CT molecular complexity index is 963. The first-order valence-electron chi connectivity index (χ1n) is 7.54. The van der Waals surface area contributed by atoms with Gasteiger partial charge in [0, 0.05) is 5.39 Å². The van der Waals surface area contributed by atoms with Crippen molar-refractivity contribution in [2.45, 2.75) is 0 Å². The second-order valence-corrected chi connectivity index (χ2v) is 5.33. The van der Waals surface area contributed by atoms with Gasteiger partial charge in [0.25, 0.3) is 0 Å². The van der Waals surface area contributed by atoms with Crippen molar-refractivity contribution in [3.63, 3.8) is 0 Å². The summed E-state index contributed by atoms with van der Waals surface area (Å²) in [6, 6.07) is 24.7. The Kier molecular flexibility index (Phi) is 3.45. The largest absolute Gasteiger partial charge is 0.219 e. The van der Waals surface area contributed by atoms with Gasteiger partial charge in [-0.15, -0.1) is 5.10 Å². The minimum Gasteiger partial charge on any atom is -0.219 e. The first kappa shape index (κ1) is 13.5. The SMILES string of the molecule is C(=C\c1cn(-c2cccc3ccccc23)nn1)/c1ccccc1. The van der Waals surface area contributed by atoms with Gasteiger partial charge in [-0.2, -0.15) is 0 Å². The summed E-state index contributed by atoms with van der Waals surface area (Å²) in [5.74, 6) is 0. The lowest BCUT2D eigenvalue weighted by Gasteiger charge is -2.04. The van der Waals surface area contributed by atoms with Crippen LogP contribution in [0.5, 0.6) is 0 Å². The highest BCUT2D eigenvalue weighted by atomic mass is 15.4. The molecule has 0 bridgehead atoms. The van der Waals surface area contributed by atoms with Crippen LogP contribution in [-0.2, 0) is 0 Å². The molecule has 0 N–H and O–H groups in total. The van der Waals surface area contributed by atoms with Crippen molar-refractivity contribution >= 4 is 22.9 Å². The zero-order chi connectivity index (χ0) is 15.5. The van der Waals surface area contributed by atoms with Crippen LogP contribution < -0.4 is 0 Å². The van der Waals surface area contributed by atoms with Gasteiger partial charge in [-0.1, -0.05) is 78.0 Å². The van der Waals surface area contributed by atoms with E-state index >= 15 is 0 Å². The van der Waals surface area contributed by atoms with Crippen LogP contribution in [0.3, 0.4) is 0 Å². The molecule has 3 aromatic carbocycles. The van der Waals surface area contributed by atoms with Crippen molar-refractivity contribution < 1.29 is 0 Å². The Labute approximate surface area is 134 Å². The topological polar surface area (TPSA) is 30.7 Å². The monoisotopic (exact) mass is 297 g/mol. The van der Waals surface area contributed by atoms with Crippen molar-refractivity contribution in [1.82, 2.24) is 15.0 Å². The molecule has 3 heteroatoms. The highest BCUT2D eigenvalue weighted by Crippen LogP contribution is 2.21. The van der Waals surface area contributed by atoms with Gasteiger partial charge < -0.3 is 0 Å². The lowest BCUT2D eigenvalue weighted by Crippen LogP contribution is -1.95. The first-order chi connectivity index (χ1) is 11.4. The van der Waals surface area contributed by atoms with Crippen LogP contribution >= 0.6 is 0 Å². The van der Waals surface area contributed by atoms with Gasteiger partial charge in [-0.3, -0.25) is 0 Å². The van der Waals surface area contributed by atoms with E-state index in [9.17, 15) is 0 Å². The van der Waals surface area contributed by atoms with Gasteiger partial charge in [0.05, 0.1) is 11.9 Å². The van der Waals surface area contributed by atoms with Crippen LogP contribution in [0.4, 0.5) is 0 Å². The summed E-state index contributed by atoms with van der Waals surface area (Å²) in [4.78, 5) is 0. The van der Waals surface area contributed by atoms with Crippen LogP contribution in [-0.4, -0.2) is 15.0 Å². The Morgan fingerprint density at radius 1 is 0.739 bits per heavy atom. The first-order valence-corrected chi connectivity index (χ1v) is 7.54. The summed E-state index contributed by atoms with van der Waals surface area (Å²) < 4.78 is 1.83. The molecule has 0 radical (unpaired) electrons. The average molecular weight is 297 g/mol. The highest BCUT2D eigenvalue weighted by molar-refractivity contribution is 5.90. The summed E-state index contributed by atoms with van der Waals surface area (Å²) >= 11 is 0. The number of benzene rings is 3. The molecule has 0 fully saturated rings. The number of rotatable bonds is 3. The minimum absolute atomic E-state index is 0.835. The fourth-order valence-corrected chi connectivity index (χ4v) is 2.62.